The zero-order valence-corrected chi connectivity index (χ0v) is 13.8. The largest absolute Gasteiger partial charge is 0.354 e. The fraction of sp³-hybridized carbons (Fsp3) is 0.167. The second kappa shape index (κ2) is 7.70. The highest BCUT2D eigenvalue weighted by atomic mass is 32.1. The number of hydrogen-bond donors (Lipinski definition) is 1. The van der Waals surface area contributed by atoms with Gasteiger partial charge in [-0.2, -0.15) is 0 Å². The van der Waals surface area contributed by atoms with Crippen molar-refractivity contribution in [3.63, 3.8) is 0 Å². The number of thiophene rings is 1. The lowest BCUT2D eigenvalue weighted by atomic mass is 10.1. The first kappa shape index (κ1) is 16.1. The van der Waals surface area contributed by atoms with Gasteiger partial charge in [-0.15, -0.1) is 11.3 Å². The summed E-state index contributed by atoms with van der Waals surface area (Å²) < 4.78 is 1.31. The van der Waals surface area contributed by atoms with Gasteiger partial charge in [0.15, 0.2) is 0 Å². The van der Waals surface area contributed by atoms with Crippen molar-refractivity contribution in [3.05, 3.63) is 76.2 Å². The van der Waals surface area contributed by atoms with E-state index in [1.807, 2.05) is 47.8 Å². The van der Waals surface area contributed by atoms with Crippen molar-refractivity contribution in [2.24, 2.45) is 0 Å². The SMILES string of the molecule is O=C(Cn1cnc(-c2cccs2)cc1=O)NCCc1ccccc1. The van der Waals surface area contributed by atoms with Crippen LogP contribution in [-0.2, 0) is 17.8 Å². The Labute approximate surface area is 143 Å². The van der Waals surface area contributed by atoms with Gasteiger partial charge in [0.2, 0.25) is 5.91 Å². The number of benzene rings is 1. The van der Waals surface area contributed by atoms with Crippen molar-refractivity contribution in [2.45, 2.75) is 13.0 Å². The van der Waals surface area contributed by atoms with Gasteiger partial charge in [0.25, 0.3) is 5.56 Å². The topological polar surface area (TPSA) is 64.0 Å². The standard InChI is InChI=1S/C18H17N3O2S/c22-17(19-9-8-14-5-2-1-3-6-14)12-21-13-20-15(11-18(21)23)16-7-4-10-24-16/h1-7,10-11,13H,8-9,12H2,(H,19,22). The molecule has 3 aromatic rings. The molecular formula is C18H17N3O2S. The van der Waals surface area contributed by atoms with Crippen LogP contribution in [0.1, 0.15) is 5.56 Å². The number of hydrogen-bond acceptors (Lipinski definition) is 4. The Hall–Kier alpha value is -2.73. The third kappa shape index (κ3) is 4.17. The van der Waals surface area contributed by atoms with E-state index in [4.69, 9.17) is 0 Å². The minimum Gasteiger partial charge on any atom is -0.354 e. The van der Waals surface area contributed by atoms with E-state index in [-0.39, 0.29) is 18.0 Å². The van der Waals surface area contributed by atoms with E-state index in [2.05, 4.69) is 10.3 Å². The van der Waals surface area contributed by atoms with Crippen LogP contribution >= 0.6 is 11.3 Å². The second-order valence-corrected chi connectivity index (χ2v) is 6.25. The molecule has 0 aliphatic carbocycles. The molecule has 0 fully saturated rings. The van der Waals surface area contributed by atoms with E-state index < -0.39 is 0 Å². The Bertz CT molecular complexity index is 857. The molecule has 1 N–H and O–H groups in total. The molecule has 2 heterocycles. The molecule has 0 spiro atoms. The van der Waals surface area contributed by atoms with Crippen LogP contribution in [0.4, 0.5) is 0 Å². The molecule has 0 saturated carbocycles. The zero-order valence-electron chi connectivity index (χ0n) is 13.0. The number of carbonyl (C=O) groups is 1. The molecule has 5 nitrogen and oxygen atoms in total. The lowest BCUT2D eigenvalue weighted by molar-refractivity contribution is -0.121. The van der Waals surface area contributed by atoms with E-state index >= 15 is 0 Å². The summed E-state index contributed by atoms with van der Waals surface area (Å²) in [5, 5.41) is 4.76. The van der Waals surface area contributed by atoms with Crippen molar-refractivity contribution < 1.29 is 4.79 Å². The van der Waals surface area contributed by atoms with Crippen LogP contribution in [0, 0.1) is 0 Å². The molecule has 6 heteroatoms. The van der Waals surface area contributed by atoms with E-state index in [0.29, 0.717) is 12.2 Å². The van der Waals surface area contributed by atoms with Crippen LogP contribution in [0.25, 0.3) is 10.6 Å². The maximum Gasteiger partial charge on any atom is 0.254 e. The molecule has 24 heavy (non-hydrogen) atoms. The van der Waals surface area contributed by atoms with E-state index in [9.17, 15) is 9.59 Å². The summed E-state index contributed by atoms with van der Waals surface area (Å²) in [6.45, 7) is 0.518. The summed E-state index contributed by atoms with van der Waals surface area (Å²) in [6.07, 6.45) is 2.19. The molecule has 122 valence electrons. The first-order valence-electron chi connectivity index (χ1n) is 7.63. The quantitative estimate of drug-likeness (QED) is 0.750. The van der Waals surface area contributed by atoms with E-state index in [0.717, 1.165) is 16.9 Å². The van der Waals surface area contributed by atoms with E-state index in [1.54, 1.807) is 0 Å². The third-order valence-electron chi connectivity index (χ3n) is 3.55. The molecule has 1 aromatic carbocycles. The Morgan fingerprint density at radius 2 is 2.00 bits per heavy atom. The van der Waals surface area contributed by atoms with Gasteiger partial charge in [0.05, 0.1) is 16.9 Å². The number of carbonyl (C=O) groups excluding carboxylic acids is 1. The molecule has 0 aliphatic rings. The van der Waals surface area contributed by atoms with Crippen molar-refractivity contribution in [3.8, 4) is 10.6 Å². The van der Waals surface area contributed by atoms with Crippen molar-refractivity contribution in [1.29, 1.82) is 0 Å². The van der Waals surface area contributed by atoms with Crippen molar-refractivity contribution >= 4 is 17.2 Å². The Morgan fingerprint density at radius 3 is 2.71 bits per heavy atom. The number of aromatic nitrogens is 2. The fourth-order valence-electron chi connectivity index (χ4n) is 2.31. The third-order valence-corrected chi connectivity index (χ3v) is 4.44. The Balaban J connectivity index is 1.55. The molecule has 0 atom stereocenters. The molecule has 2 aromatic heterocycles. The van der Waals surface area contributed by atoms with Crippen LogP contribution < -0.4 is 10.9 Å². The minimum atomic E-state index is -0.230. The van der Waals surface area contributed by atoms with E-state index in [1.165, 1.54) is 28.3 Å². The summed E-state index contributed by atoms with van der Waals surface area (Å²) in [6, 6.07) is 15.2. The van der Waals surface area contributed by atoms with Gasteiger partial charge in [0.1, 0.15) is 6.54 Å². The average Bonchev–Trinajstić information content (AvgIpc) is 3.12. The van der Waals surface area contributed by atoms with Gasteiger partial charge in [-0.05, 0) is 23.4 Å². The van der Waals surface area contributed by atoms with Crippen LogP contribution in [0.3, 0.4) is 0 Å². The van der Waals surface area contributed by atoms with Gasteiger partial charge < -0.3 is 5.32 Å². The van der Waals surface area contributed by atoms with Gasteiger partial charge in [0, 0.05) is 12.6 Å². The van der Waals surface area contributed by atoms with Gasteiger partial charge >= 0.3 is 0 Å². The molecule has 0 unspecified atom stereocenters. The fourth-order valence-corrected chi connectivity index (χ4v) is 3.00. The van der Waals surface area contributed by atoms with Crippen molar-refractivity contribution in [1.82, 2.24) is 14.9 Å². The molecule has 0 saturated heterocycles. The van der Waals surface area contributed by atoms with Crippen LogP contribution in [0.2, 0.25) is 0 Å². The maximum absolute atomic E-state index is 12.1. The van der Waals surface area contributed by atoms with Crippen LogP contribution in [0.5, 0.6) is 0 Å². The lowest BCUT2D eigenvalue weighted by Gasteiger charge is -2.07. The number of nitrogens with zero attached hydrogens (tertiary/aromatic N) is 2. The van der Waals surface area contributed by atoms with Gasteiger partial charge in [-0.1, -0.05) is 36.4 Å². The van der Waals surface area contributed by atoms with Crippen LogP contribution in [-0.4, -0.2) is 22.0 Å². The number of rotatable bonds is 6. The lowest BCUT2D eigenvalue weighted by Crippen LogP contribution is -2.33. The highest BCUT2D eigenvalue weighted by Crippen LogP contribution is 2.20. The second-order valence-electron chi connectivity index (χ2n) is 5.30. The summed E-state index contributed by atoms with van der Waals surface area (Å²) in [7, 11) is 0. The first-order chi connectivity index (χ1) is 11.7. The molecule has 1 amide bonds. The average molecular weight is 339 g/mol. The first-order valence-corrected chi connectivity index (χ1v) is 8.51. The Morgan fingerprint density at radius 1 is 1.17 bits per heavy atom. The smallest absolute Gasteiger partial charge is 0.254 e. The van der Waals surface area contributed by atoms with Crippen molar-refractivity contribution in [2.75, 3.05) is 6.54 Å². The van der Waals surface area contributed by atoms with Gasteiger partial charge in [-0.3, -0.25) is 14.2 Å². The minimum absolute atomic E-state index is 0.0225. The number of nitrogens with one attached hydrogen (secondary N) is 1. The van der Waals surface area contributed by atoms with Crippen LogP contribution in [0.15, 0.2) is 65.0 Å². The molecule has 0 radical (unpaired) electrons. The molecular weight excluding hydrogens is 322 g/mol. The Kier molecular flexibility index (Phi) is 5.18. The summed E-state index contributed by atoms with van der Waals surface area (Å²) >= 11 is 1.52. The summed E-state index contributed by atoms with van der Waals surface area (Å²) in [4.78, 5) is 29.3. The summed E-state index contributed by atoms with van der Waals surface area (Å²) in [5.74, 6) is -0.196. The summed E-state index contributed by atoms with van der Waals surface area (Å²) in [5.41, 5.74) is 1.57. The zero-order chi connectivity index (χ0) is 16.8. The predicted octanol–water partition coefficient (Wildman–Crippen LogP) is 2.33. The predicted molar refractivity (Wildman–Crippen MR) is 95.0 cm³/mol. The highest BCUT2D eigenvalue weighted by Gasteiger charge is 2.07. The molecule has 3 rings (SSSR count). The normalized spacial score (nSPS) is 10.5. The van der Waals surface area contributed by atoms with Gasteiger partial charge in [-0.25, -0.2) is 4.98 Å². The highest BCUT2D eigenvalue weighted by molar-refractivity contribution is 7.13. The number of amides is 1. The monoisotopic (exact) mass is 339 g/mol. The maximum atomic E-state index is 12.1. The molecule has 0 aliphatic heterocycles. The molecule has 0 bridgehead atoms.